The van der Waals surface area contributed by atoms with Gasteiger partial charge < -0.3 is 15.4 Å². The van der Waals surface area contributed by atoms with E-state index in [9.17, 15) is 0 Å². The summed E-state index contributed by atoms with van der Waals surface area (Å²) in [5, 5.41) is 4.36. The van der Waals surface area contributed by atoms with Crippen molar-refractivity contribution in [2.75, 3.05) is 37.4 Å². The summed E-state index contributed by atoms with van der Waals surface area (Å²) >= 11 is 0. The van der Waals surface area contributed by atoms with Gasteiger partial charge in [-0.15, -0.1) is 0 Å². The van der Waals surface area contributed by atoms with Crippen LogP contribution in [-0.4, -0.2) is 36.6 Å². The van der Waals surface area contributed by atoms with Gasteiger partial charge in [-0.1, -0.05) is 0 Å². The normalized spacial score (nSPS) is 16.4. The lowest BCUT2D eigenvalue weighted by atomic mass is 10.1. The number of nitrogen functional groups attached to an aromatic ring is 1. The molecule has 1 fully saturated rings. The van der Waals surface area contributed by atoms with E-state index in [1.807, 2.05) is 4.68 Å². The van der Waals surface area contributed by atoms with Crippen LogP contribution in [0.4, 0.5) is 11.5 Å². The first-order chi connectivity index (χ1) is 8.33. The van der Waals surface area contributed by atoms with Crippen LogP contribution in [0.3, 0.4) is 0 Å². The standard InChI is InChI=1S/C12H22N4O/c1-17-9-5-8-16-12(11(13)10-14-16)15-6-3-2-4-7-15/h10H,2-9,13H2,1H3. The summed E-state index contributed by atoms with van der Waals surface area (Å²) in [7, 11) is 1.73. The van der Waals surface area contributed by atoms with E-state index in [-0.39, 0.29) is 0 Å². The molecule has 0 atom stereocenters. The van der Waals surface area contributed by atoms with Gasteiger partial charge in [0, 0.05) is 33.4 Å². The van der Waals surface area contributed by atoms with Gasteiger partial charge in [0.05, 0.1) is 11.9 Å². The summed E-state index contributed by atoms with van der Waals surface area (Å²) in [6, 6.07) is 0. The molecular weight excluding hydrogens is 216 g/mol. The van der Waals surface area contributed by atoms with E-state index in [0.29, 0.717) is 0 Å². The number of hydrogen-bond acceptors (Lipinski definition) is 4. The van der Waals surface area contributed by atoms with E-state index in [2.05, 4.69) is 10.00 Å². The highest BCUT2D eigenvalue weighted by Crippen LogP contribution is 2.26. The molecule has 2 heterocycles. The van der Waals surface area contributed by atoms with Crippen molar-refractivity contribution in [3.05, 3.63) is 6.20 Å². The Bertz CT molecular complexity index is 344. The Balaban J connectivity index is 2.05. The van der Waals surface area contributed by atoms with Gasteiger partial charge in [-0.2, -0.15) is 5.10 Å². The average Bonchev–Trinajstić information content (AvgIpc) is 2.72. The molecule has 0 amide bonds. The second kappa shape index (κ2) is 5.91. The number of nitrogens with two attached hydrogens (primary N) is 1. The van der Waals surface area contributed by atoms with Gasteiger partial charge >= 0.3 is 0 Å². The lowest BCUT2D eigenvalue weighted by Gasteiger charge is -2.29. The predicted octanol–water partition coefficient (Wildman–Crippen LogP) is 1.49. The third-order valence-electron chi connectivity index (χ3n) is 3.21. The molecule has 1 saturated heterocycles. The number of ether oxygens (including phenoxy) is 1. The van der Waals surface area contributed by atoms with Gasteiger partial charge in [0.25, 0.3) is 0 Å². The SMILES string of the molecule is COCCCn1ncc(N)c1N1CCCCC1. The minimum absolute atomic E-state index is 0.763. The van der Waals surface area contributed by atoms with E-state index >= 15 is 0 Å². The first-order valence-corrected chi connectivity index (χ1v) is 6.38. The van der Waals surface area contributed by atoms with Crippen LogP contribution in [0, 0.1) is 0 Å². The van der Waals surface area contributed by atoms with Crippen molar-refractivity contribution in [3.63, 3.8) is 0 Å². The molecule has 96 valence electrons. The maximum atomic E-state index is 6.02. The Labute approximate surface area is 103 Å². The monoisotopic (exact) mass is 238 g/mol. The number of piperidine rings is 1. The predicted molar refractivity (Wildman–Crippen MR) is 69.2 cm³/mol. The molecule has 0 bridgehead atoms. The molecule has 0 unspecified atom stereocenters. The molecule has 0 spiro atoms. The van der Waals surface area contributed by atoms with E-state index < -0.39 is 0 Å². The molecule has 0 radical (unpaired) electrons. The zero-order valence-corrected chi connectivity index (χ0v) is 10.6. The van der Waals surface area contributed by atoms with Crippen LogP contribution in [0.5, 0.6) is 0 Å². The van der Waals surface area contributed by atoms with Crippen molar-refractivity contribution in [1.82, 2.24) is 9.78 Å². The molecule has 5 heteroatoms. The van der Waals surface area contributed by atoms with E-state index in [0.717, 1.165) is 44.2 Å². The van der Waals surface area contributed by atoms with Crippen molar-refractivity contribution in [2.45, 2.75) is 32.2 Å². The summed E-state index contributed by atoms with van der Waals surface area (Å²) < 4.78 is 7.08. The van der Waals surface area contributed by atoms with Crippen LogP contribution in [-0.2, 0) is 11.3 Å². The van der Waals surface area contributed by atoms with Crippen LogP contribution in [0.15, 0.2) is 6.20 Å². The highest BCUT2D eigenvalue weighted by molar-refractivity contribution is 5.62. The van der Waals surface area contributed by atoms with Gasteiger partial charge in [0.15, 0.2) is 0 Å². The molecule has 2 N–H and O–H groups in total. The largest absolute Gasteiger partial charge is 0.394 e. The van der Waals surface area contributed by atoms with Crippen molar-refractivity contribution in [1.29, 1.82) is 0 Å². The Kier molecular flexibility index (Phi) is 4.25. The fraction of sp³-hybridized carbons (Fsp3) is 0.750. The minimum Gasteiger partial charge on any atom is -0.394 e. The van der Waals surface area contributed by atoms with E-state index in [1.54, 1.807) is 13.3 Å². The summed E-state index contributed by atoms with van der Waals surface area (Å²) in [6.45, 7) is 3.83. The van der Waals surface area contributed by atoms with E-state index in [4.69, 9.17) is 10.5 Å². The number of hydrogen-bond donors (Lipinski definition) is 1. The molecule has 0 saturated carbocycles. The number of methoxy groups -OCH3 is 1. The molecule has 2 rings (SSSR count). The van der Waals surface area contributed by atoms with Crippen molar-refractivity contribution in [3.8, 4) is 0 Å². The summed E-state index contributed by atoms with van der Waals surface area (Å²) in [4.78, 5) is 2.36. The lowest BCUT2D eigenvalue weighted by molar-refractivity contribution is 0.189. The lowest BCUT2D eigenvalue weighted by Crippen LogP contribution is -2.32. The second-order valence-corrected chi connectivity index (χ2v) is 4.54. The van der Waals surface area contributed by atoms with Gasteiger partial charge in [-0.05, 0) is 25.7 Å². The number of nitrogens with zero attached hydrogens (tertiary/aromatic N) is 3. The summed E-state index contributed by atoms with van der Waals surface area (Å²) in [5.74, 6) is 1.10. The second-order valence-electron chi connectivity index (χ2n) is 4.54. The van der Waals surface area contributed by atoms with Crippen LogP contribution in [0.25, 0.3) is 0 Å². The van der Waals surface area contributed by atoms with Crippen LogP contribution in [0.1, 0.15) is 25.7 Å². The van der Waals surface area contributed by atoms with Crippen LogP contribution >= 0.6 is 0 Å². The van der Waals surface area contributed by atoms with Crippen molar-refractivity contribution in [2.24, 2.45) is 0 Å². The van der Waals surface area contributed by atoms with Crippen molar-refractivity contribution < 1.29 is 4.74 Å². The Morgan fingerprint density at radius 1 is 1.35 bits per heavy atom. The summed E-state index contributed by atoms with van der Waals surface area (Å²) in [5.41, 5.74) is 6.82. The maximum Gasteiger partial charge on any atom is 0.150 e. The minimum atomic E-state index is 0.763. The number of rotatable bonds is 5. The van der Waals surface area contributed by atoms with Gasteiger partial charge in [0.1, 0.15) is 5.82 Å². The van der Waals surface area contributed by atoms with E-state index in [1.165, 1.54) is 19.3 Å². The molecule has 1 aromatic rings. The number of anilines is 2. The Morgan fingerprint density at radius 2 is 2.12 bits per heavy atom. The third kappa shape index (κ3) is 2.91. The quantitative estimate of drug-likeness (QED) is 0.790. The number of aryl methyl sites for hydroxylation is 1. The smallest absolute Gasteiger partial charge is 0.150 e. The molecule has 17 heavy (non-hydrogen) atoms. The maximum absolute atomic E-state index is 6.02. The van der Waals surface area contributed by atoms with Gasteiger partial charge in [-0.3, -0.25) is 0 Å². The Morgan fingerprint density at radius 3 is 2.82 bits per heavy atom. The highest BCUT2D eigenvalue weighted by atomic mass is 16.5. The first-order valence-electron chi connectivity index (χ1n) is 6.38. The zero-order valence-electron chi connectivity index (χ0n) is 10.6. The van der Waals surface area contributed by atoms with Crippen molar-refractivity contribution >= 4 is 11.5 Å². The topological polar surface area (TPSA) is 56.3 Å². The first kappa shape index (κ1) is 12.2. The fourth-order valence-corrected chi connectivity index (χ4v) is 2.37. The fourth-order valence-electron chi connectivity index (χ4n) is 2.37. The third-order valence-corrected chi connectivity index (χ3v) is 3.21. The molecular formula is C12H22N4O. The molecule has 1 aliphatic heterocycles. The summed E-state index contributed by atoms with van der Waals surface area (Å²) in [6.07, 6.45) is 6.56. The van der Waals surface area contributed by atoms with Gasteiger partial charge in [-0.25, -0.2) is 4.68 Å². The molecule has 0 aromatic carbocycles. The van der Waals surface area contributed by atoms with Gasteiger partial charge in [0.2, 0.25) is 0 Å². The zero-order chi connectivity index (χ0) is 12.1. The molecule has 1 aromatic heterocycles. The number of aromatic nitrogens is 2. The molecule has 0 aliphatic carbocycles. The average molecular weight is 238 g/mol. The van der Waals surface area contributed by atoms with Crippen LogP contribution in [0.2, 0.25) is 0 Å². The molecule has 1 aliphatic rings. The highest BCUT2D eigenvalue weighted by Gasteiger charge is 2.18. The molecule has 5 nitrogen and oxygen atoms in total. The van der Waals surface area contributed by atoms with Crippen LogP contribution < -0.4 is 10.6 Å². The Hall–Kier alpha value is -1.23.